The number of aryl methyl sites for hydroxylation is 2. The van der Waals surface area contributed by atoms with Crippen LogP contribution in [0.15, 0.2) is 27.4 Å². The van der Waals surface area contributed by atoms with Crippen molar-refractivity contribution in [3.63, 3.8) is 0 Å². The van der Waals surface area contributed by atoms with Crippen molar-refractivity contribution < 1.29 is 13.9 Å². The number of hydrogen-bond acceptors (Lipinski definition) is 4. The van der Waals surface area contributed by atoms with E-state index >= 15 is 0 Å². The molecular weight excluding hydrogens is 246 g/mol. The van der Waals surface area contributed by atoms with Crippen LogP contribution in [-0.4, -0.2) is 12.5 Å². The second-order valence-electron chi connectivity index (χ2n) is 4.34. The number of amides is 1. The first-order valence-electron chi connectivity index (χ1n) is 5.99. The summed E-state index contributed by atoms with van der Waals surface area (Å²) >= 11 is 0. The van der Waals surface area contributed by atoms with Gasteiger partial charge >= 0.3 is 5.63 Å². The largest absolute Gasteiger partial charge is 0.483 e. The molecule has 19 heavy (non-hydrogen) atoms. The maximum atomic E-state index is 11.5. The highest BCUT2D eigenvalue weighted by Gasteiger charge is 2.12. The van der Waals surface area contributed by atoms with Gasteiger partial charge in [0.15, 0.2) is 6.61 Å². The summed E-state index contributed by atoms with van der Waals surface area (Å²) in [5.41, 5.74) is 6.85. The van der Waals surface area contributed by atoms with E-state index in [2.05, 4.69) is 0 Å². The number of primary amides is 1. The molecule has 0 aliphatic rings. The fourth-order valence-electron chi connectivity index (χ4n) is 2.01. The summed E-state index contributed by atoms with van der Waals surface area (Å²) in [6.45, 7) is 3.59. The van der Waals surface area contributed by atoms with Gasteiger partial charge in [0.25, 0.3) is 5.91 Å². The van der Waals surface area contributed by atoms with E-state index in [0.29, 0.717) is 23.1 Å². The Morgan fingerprint density at radius 1 is 1.37 bits per heavy atom. The number of hydrogen-bond donors (Lipinski definition) is 1. The third kappa shape index (κ3) is 2.76. The molecule has 1 aromatic heterocycles. The lowest BCUT2D eigenvalue weighted by Crippen LogP contribution is -2.20. The van der Waals surface area contributed by atoms with Gasteiger partial charge in [-0.2, -0.15) is 0 Å². The normalized spacial score (nSPS) is 10.6. The highest BCUT2D eigenvalue weighted by Crippen LogP contribution is 2.30. The summed E-state index contributed by atoms with van der Waals surface area (Å²) in [7, 11) is 0. The third-order valence-corrected chi connectivity index (χ3v) is 2.78. The summed E-state index contributed by atoms with van der Waals surface area (Å²) in [6.07, 6.45) is 0.665. The molecule has 1 aromatic carbocycles. The fourth-order valence-corrected chi connectivity index (χ4v) is 2.01. The molecule has 2 N–H and O–H groups in total. The number of ether oxygens (including phenoxy) is 1. The predicted octanol–water partition coefficient (Wildman–Crippen LogP) is 1.53. The van der Waals surface area contributed by atoms with E-state index in [1.165, 1.54) is 6.07 Å². The smallest absolute Gasteiger partial charge is 0.336 e. The molecule has 0 bridgehead atoms. The van der Waals surface area contributed by atoms with Gasteiger partial charge in [0, 0.05) is 6.07 Å². The van der Waals surface area contributed by atoms with E-state index in [1.807, 2.05) is 13.8 Å². The Hall–Kier alpha value is -2.30. The molecule has 2 aromatic rings. The zero-order valence-corrected chi connectivity index (χ0v) is 10.9. The fraction of sp³-hybridized carbons (Fsp3) is 0.286. The molecule has 1 amide bonds. The zero-order valence-electron chi connectivity index (χ0n) is 10.9. The molecular formula is C14H15NO4. The standard InChI is InChI=1S/C14H15NO4/c1-3-9-6-13(17)19-11-5-8(2)4-10(14(9)11)18-7-12(15)16/h4-6H,3,7H2,1-2H3,(H2,15,16). The monoisotopic (exact) mass is 261 g/mol. The molecule has 100 valence electrons. The topological polar surface area (TPSA) is 82.5 Å². The van der Waals surface area contributed by atoms with Crippen molar-refractivity contribution in [1.82, 2.24) is 0 Å². The van der Waals surface area contributed by atoms with E-state index in [-0.39, 0.29) is 6.61 Å². The number of rotatable bonds is 4. The Morgan fingerprint density at radius 3 is 2.74 bits per heavy atom. The van der Waals surface area contributed by atoms with Gasteiger partial charge in [-0.15, -0.1) is 0 Å². The Kier molecular flexibility index (Phi) is 3.55. The Morgan fingerprint density at radius 2 is 2.11 bits per heavy atom. The van der Waals surface area contributed by atoms with Crippen LogP contribution in [0.1, 0.15) is 18.1 Å². The number of fused-ring (bicyclic) bond motifs is 1. The van der Waals surface area contributed by atoms with Gasteiger partial charge in [-0.3, -0.25) is 4.79 Å². The van der Waals surface area contributed by atoms with Crippen LogP contribution in [0, 0.1) is 6.92 Å². The van der Waals surface area contributed by atoms with Crippen LogP contribution in [0.2, 0.25) is 0 Å². The number of carbonyl (C=O) groups is 1. The van der Waals surface area contributed by atoms with Crippen molar-refractivity contribution >= 4 is 16.9 Å². The minimum Gasteiger partial charge on any atom is -0.483 e. The van der Waals surface area contributed by atoms with Gasteiger partial charge in [-0.25, -0.2) is 4.79 Å². The van der Waals surface area contributed by atoms with Crippen molar-refractivity contribution in [3.8, 4) is 5.75 Å². The summed E-state index contributed by atoms with van der Waals surface area (Å²) in [5.74, 6) is -0.0421. The highest BCUT2D eigenvalue weighted by atomic mass is 16.5. The third-order valence-electron chi connectivity index (χ3n) is 2.78. The van der Waals surface area contributed by atoms with Crippen LogP contribution < -0.4 is 16.1 Å². The molecule has 2 rings (SSSR count). The maximum absolute atomic E-state index is 11.5. The molecule has 0 aliphatic heterocycles. The molecule has 0 radical (unpaired) electrons. The molecule has 0 aliphatic carbocycles. The molecule has 1 heterocycles. The van der Waals surface area contributed by atoms with E-state index < -0.39 is 11.5 Å². The van der Waals surface area contributed by atoms with Crippen LogP contribution in [-0.2, 0) is 11.2 Å². The van der Waals surface area contributed by atoms with Crippen LogP contribution in [0.3, 0.4) is 0 Å². The molecule has 5 nitrogen and oxygen atoms in total. The second-order valence-corrected chi connectivity index (χ2v) is 4.34. The van der Waals surface area contributed by atoms with Crippen molar-refractivity contribution in [1.29, 1.82) is 0 Å². The maximum Gasteiger partial charge on any atom is 0.336 e. The SMILES string of the molecule is CCc1cc(=O)oc2cc(C)cc(OCC(N)=O)c12. The van der Waals surface area contributed by atoms with E-state index in [0.717, 1.165) is 11.1 Å². The van der Waals surface area contributed by atoms with Crippen LogP contribution in [0.25, 0.3) is 11.0 Å². The predicted molar refractivity (Wildman–Crippen MR) is 71.3 cm³/mol. The van der Waals surface area contributed by atoms with E-state index in [9.17, 15) is 9.59 Å². The average Bonchev–Trinajstić information content (AvgIpc) is 2.33. The molecule has 0 saturated heterocycles. The van der Waals surface area contributed by atoms with Gasteiger partial charge in [0.1, 0.15) is 11.3 Å². The van der Waals surface area contributed by atoms with Gasteiger partial charge < -0.3 is 14.9 Å². The first kappa shape index (κ1) is 13.1. The van der Waals surface area contributed by atoms with E-state index in [4.69, 9.17) is 14.9 Å². The summed E-state index contributed by atoms with van der Waals surface area (Å²) in [6, 6.07) is 5.01. The summed E-state index contributed by atoms with van der Waals surface area (Å²) < 4.78 is 10.6. The first-order chi connectivity index (χ1) is 9.01. The molecule has 0 fully saturated rings. The molecule has 0 atom stereocenters. The zero-order chi connectivity index (χ0) is 14.0. The number of nitrogens with two attached hydrogens (primary N) is 1. The van der Waals surface area contributed by atoms with Crippen LogP contribution in [0.5, 0.6) is 5.75 Å². The van der Waals surface area contributed by atoms with Gasteiger partial charge in [0.2, 0.25) is 0 Å². The number of carbonyl (C=O) groups excluding carboxylic acids is 1. The lowest BCUT2D eigenvalue weighted by molar-refractivity contribution is -0.119. The van der Waals surface area contributed by atoms with E-state index in [1.54, 1.807) is 12.1 Å². The summed E-state index contributed by atoms with van der Waals surface area (Å²) in [4.78, 5) is 22.3. The minimum atomic E-state index is -0.551. The lowest BCUT2D eigenvalue weighted by Gasteiger charge is -2.11. The Bertz CT molecular complexity index is 688. The summed E-state index contributed by atoms with van der Waals surface area (Å²) in [5, 5.41) is 0.717. The molecule has 5 heteroatoms. The minimum absolute atomic E-state index is 0.208. The highest BCUT2D eigenvalue weighted by molar-refractivity contribution is 5.88. The number of benzene rings is 1. The molecule has 0 unspecified atom stereocenters. The second kappa shape index (κ2) is 5.14. The first-order valence-corrected chi connectivity index (χ1v) is 5.99. The van der Waals surface area contributed by atoms with Gasteiger partial charge in [-0.1, -0.05) is 6.92 Å². The Balaban J connectivity index is 2.67. The van der Waals surface area contributed by atoms with Crippen molar-refractivity contribution in [2.45, 2.75) is 20.3 Å². The Labute approximate surface area is 110 Å². The quantitative estimate of drug-likeness (QED) is 0.846. The molecule has 0 saturated carbocycles. The van der Waals surface area contributed by atoms with Gasteiger partial charge in [-0.05, 0) is 36.6 Å². The molecule has 0 spiro atoms. The van der Waals surface area contributed by atoms with Crippen LogP contribution in [0.4, 0.5) is 0 Å². The van der Waals surface area contributed by atoms with Crippen LogP contribution >= 0.6 is 0 Å². The van der Waals surface area contributed by atoms with Crippen molar-refractivity contribution in [2.24, 2.45) is 5.73 Å². The lowest BCUT2D eigenvalue weighted by atomic mass is 10.1. The van der Waals surface area contributed by atoms with Crippen molar-refractivity contribution in [2.75, 3.05) is 6.61 Å². The van der Waals surface area contributed by atoms with Crippen molar-refractivity contribution in [3.05, 3.63) is 39.7 Å². The van der Waals surface area contributed by atoms with Gasteiger partial charge in [0.05, 0.1) is 5.39 Å². The average molecular weight is 261 g/mol.